The van der Waals surface area contributed by atoms with Crippen molar-refractivity contribution >= 4 is 5.78 Å². The molecule has 1 aliphatic heterocycles. The Labute approximate surface area is 150 Å². The molecule has 0 saturated carbocycles. The maximum absolute atomic E-state index is 13.2. The lowest BCUT2D eigenvalue weighted by atomic mass is 9.72. The number of benzene rings is 2. The second kappa shape index (κ2) is 7.11. The highest BCUT2D eigenvalue weighted by Crippen LogP contribution is 2.39. The minimum absolute atomic E-state index is 0.0289. The minimum Gasteiger partial charge on any atom is -0.384 e. The molecule has 1 fully saturated rings. The van der Waals surface area contributed by atoms with Crippen LogP contribution in [0.3, 0.4) is 0 Å². The summed E-state index contributed by atoms with van der Waals surface area (Å²) in [6.45, 7) is 8.43. The Balaban J connectivity index is 1.98. The van der Waals surface area contributed by atoms with Crippen molar-refractivity contribution in [2.45, 2.75) is 32.8 Å². The normalized spacial score (nSPS) is 24.2. The first kappa shape index (κ1) is 17.8. The third-order valence-electron chi connectivity index (χ3n) is 5.48. The summed E-state index contributed by atoms with van der Waals surface area (Å²) in [5.74, 6) is -0.423. The fourth-order valence-electron chi connectivity index (χ4n) is 3.70. The molecule has 2 atom stereocenters. The standard InChI is InChI=1S/C22H27NO2/c1-4-23-14-13-22(25,19-11-7-17(3)8-12-19)20(15-23)21(24)18-9-5-16(2)6-10-18/h5-12,20,25H,4,13-15H2,1-3H3/t20-,22+/m0/s1. The van der Waals surface area contributed by atoms with Crippen LogP contribution in [-0.4, -0.2) is 35.4 Å². The zero-order chi connectivity index (χ0) is 18.0. The summed E-state index contributed by atoms with van der Waals surface area (Å²) < 4.78 is 0. The molecule has 1 heterocycles. The van der Waals surface area contributed by atoms with Crippen LogP contribution >= 0.6 is 0 Å². The Morgan fingerprint density at radius 3 is 2.20 bits per heavy atom. The third kappa shape index (κ3) is 3.53. The van der Waals surface area contributed by atoms with Gasteiger partial charge in [-0.2, -0.15) is 0 Å². The summed E-state index contributed by atoms with van der Waals surface area (Å²) in [6.07, 6.45) is 0.576. The molecule has 1 saturated heterocycles. The lowest BCUT2D eigenvalue weighted by molar-refractivity contribution is -0.0632. The van der Waals surface area contributed by atoms with E-state index in [2.05, 4.69) is 11.8 Å². The summed E-state index contributed by atoms with van der Waals surface area (Å²) in [5, 5.41) is 11.5. The van der Waals surface area contributed by atoms with E-state index in [9.17, 15) is 9.90 Å². The van der Waals surface area contributed by atoms with Crippen molar-refractivity contribution < 1.29 is 9.90 Å². The molecule has 25 heavy (non-hydrogen) atoms. The monoisotopic (exact) mass is 337 g/mol. The van der Waals surface area contributed by atoms with Gasteiger partial charge in [0.1, 0.15) is 5.60 Å². The van der Waals surface area contributed by atoms with Crippen molar-refractivity contribution in [3.8, 4) is 0 Å². The molecule has 3 heteroatoms. The number of nitrogens with zero attached hydrogens (tertiary/aromatic N) is 1. The molecule has 3 rings (SSSR count). The second-order valence-corrected chi connectivity index (χ2v) is 7.22. The van der Waals surface area contributed by atoms with Crippen LogP contribution in [0.4, 0.5) is 0 Å². The number of hydrogen-bond donors (Lipinski definition) is 1. The van der Waals surface area contributed by atoms with Crippen molar-refractivity contribution in [1.82, 2.24) is 4.90 Å². The highest BCUT2D eigenvalue weighted by Gasteiger charge is 2.46. The van der Waals surface area contributed by atoms with Crippen LogP contribution in [-0.2, 0) is 5.60 Å². The van der Waals surface area contributed by atoms with E-state index >= 15 is 0 Å². The number of rotatable bonds is 4. The van der Waals surface area contributed by atoms with Gasteiger partial charge in [0, 0.05) is 18.7 Å². The number of carbonyl (C=O) groups is 1. The van der Waals surface area contributed by atoms with Crippen molar-refractivity contribution in [3.63, 3.8) is 0 Å². The van der Waals surface area contributed by atoms with Crippen molar-refractivity contribution in [1.29, 1.82) is 0 Å². The minimum atomic E-state index is -1.11. The molecule has 132 valence electrons. The zero-order valence-electron chi connectivity index (χ0n) is 15.3. The fraction of sp³-hybridized carbons (Fsp3) is 0.409. The predicted octanol–water partition coefficient (Wildman–Crippen LogP) is 3.72. The predicted molar refractivity (Wildman–Crippen MR) is 101 cm³/mol. The highest BCUT2D eigenvalue weighted by molar-refractivity contribution is 5.99. The van der Waals surface area contributed by atoms with E-state index in [0.29, 0.717) is 18.5 Å². The van der Waals surface area contributed by atoms with Gasteiger partial charge in [-0.15, -0.1) is 0 Å². The second-order valence-electron chi connectivity index (χ2n) is 7.22. The molecule has 0 aliphatic carbocycles. The number of aryl methyl sites for hydroxylation is 2. The molecule has 2 aromatic carbocycles. The van der Waals surface area contributed by atoms with E-state index in [1.165, 1.54) is 0 Å². The van der Waals surface area contributed by atoms with E-state index in [1.54, 1.807) is 0 Å². The number of Topliss-reactive ketones (excluding diaryl/α,β-unsaturated/α-hetero) is 1. The SMILES string of the molecule is CCN1CC[C@@](O)(c2ccc(C)cc2)[C@H](C(=O)c2ccc(C)cc2)C1. The summed E-state index contributed by atoms with van der Waals surface area (Å²) in [7, 11) is 0. The van der Waals surface area contributed by atoms with Gasteiger partial charge in [-0.1, -0.05) is 66.6 Å². The van der Waals surface area contributed by atoms with Gasteiger partial charge in [-0.25, -0.2) is 0 Å². The Morgan fingerprint density at radius 2 is 1.64 bits per heavy atom. The summed E-state index contributed by atoms with van der Waals surface area (Å²) in [6, 6.07) is 15.6. The number of ketones is 1. The molecule has 0 unspecified atom stereocenters. The molecular formula is C22H27NO2. The first-order chi connectivity index (χ1) is 11.9. The van der Waals surface area contributed by atoms with Crippen LogP contribution in [0.25, 0.3) is 0 Å². The molecule has 1 aliphatic rings. The van der Waals surface area contributed by atoms with Gasteiger partial charge in [0.2, 0.25) is 0 Å². The number of aliphatic hydroxyl groups is 1. The average Bonchev–Trinajstić information content (AvgIpc) is 2.62. The number of carbonyl (C=O) groups excluding carboxylic acids is 1. The molecule has 0 aromatic heterocycles. The van der Waals surface area contributed by atoms with E-state index in [0.717, 1.165) is 29.8 Å². The number of hydrogen-bond acceptors (Lipinski definition) is 3. The van der Waals surface area contributed by atoms with Gasteiger partial charge in [-0.05, 0) is 32.4 Å². The highest BCUT2D eigenvalue weighted by atomic mass is 16.3. The quantitative estimate of drug-likeness (QED) is 0.865. The summed E-state index contributed by atoms with van der Waals surface area (Å²) in [4.78, 5) is 15.5. The Bertz CT molecular complexity index is 736. The maximum Gasteiger partial charge on any atom is 0.170 e. The Morgan fingerprint density at radius 1 is 1.08 bits per heavy atom. The molecule has 2 aromatic rings. The third-order valence-corrected chi connectivity index (χ3v) is 5.48. The first-order valence-corrected chi connectivity index (χ1v) is 9.07. The topological polar surface area (TPSA) is 40.5 Å². The van der Waals surface area contributed by atoms with Gasteiger partial charge < -0.3 is 10.0 Å². The molecule has 0 bridgehead atoms. The average molecular weight is 337 g/mol. The fourth-order valence-corrected chi connectivity index (χ4v) is 3.70. The van der Waals surface area contributed by atoms with E-state index in [4.69, 9.17) is 0 Å². The maximum atomic E-state index is 13.2. The number of piperidine rings is 1. The molecule has 3 nitrogen and oxygen atoms in total. The van der Waals surface area contributed by atoms with Gasteiger partial charge in [0.25, 0.3) is 0 Å². The lowest BCUT2D eigenvalue weighted by Crippen LogP contribution is -2.53. The lowest BCUT2D eigenvalue weighted by Gasteiger charge is -2.44. The summed E-state index contributed by atoms with van der Waals surface area (Å²) in [5.41, 5.74) is 2.70. The van der Waals surface area contributed by atoms with Crippen LogP contribution in [0.15, 0.2) is 48.5 Å². The van der Waals surface area contributed by atoms with Crippen LogP contribution < -0.4 is 0 Å². The van der Waals surface area contributed by atoms with Crippen molar-refractivity contribution in [2.75, 3.05) is 19.6 Å². The van der Waals surface area contributed by atoms with Crippen LogP contribution in [0.1, 0.15) is 40.4 Å². The van der Waals surface area contributed by atoms with E-state index < -0.39 is 11.5 Å². The van der Waals surface area contributed by atoms with E-state index in [1.807, 2.05) is 62.4 Å². The Kier molecular flexibility index (Phi) is 5.07. The van der Waals surface area contributed by atoms with Gasteiger partial charge >= 0.3 is 0 Å². The molecule has 0 amide bonds. The van der Waals surface area contributed by atoms with Gasteiger partial charge in [-0.3, -0.25) is 4.79 Å². The number of likely N-dealkylation sites (tertiary alicyclic amines) is 1. The summed E-state index contributed by atoms with van der Waals surface area (Å²) >= 11 is 0. The largest absolute Gasteiger partial charge is 0.384 e. The van der Waals surface area contributed by atoms with E-state index in [-0.39, 0.29) is 5.78 Å². The van der Waals surface area contributed by atoms with Crippen molar-refractivity contribution in [3.05, 3.63) is 70.8 Å². The van der Waals surface area contributed by atoms with Crippen LogP contribution in [0, 0.1) is 19.8 Å². The zero-order valence-corrected chi connectivity index (χ0v) is 15.3. The molecule has 1 N–H and O–H groups in total. The van der Waals surface area contributed by atoms with Gasteiger partial charge in [0.05, 0.1) is 5.92 Å². The first-order valence-electron chi connectivity index (χ1n) is 9.07. The van der Waals surface area contributed by atoms with Crippen LogP contribution in [0.5, 0.6) is 0 Å². The van der Waals surface area contributed by atoms with Crippen LogP contribution in [0.2, 0.25) is 0 Å². The smallest absolute Gasteiger partial charge is 0.170 e. The van der Waals surface area contributed by atoms with Crippen molar-refractivity contribution in [2.24, 2.45) is 5.92 Å². The molecule has 0 spiro atoms. The Hall–Kier alpha value is -1.97. The molecule has 0 radical (unpaired) electrons. The van der Waals surface area contributed by atoms with Gasteiger partial charge in [0.15, 0.2) is 5.78 Å². The molecular weight excluding hydrogens is 310 g/mol.